The number of hydrogen-bond acceptors (Lipinski definition) is 4. The molecule has 1 saturated carbocycles. The van der Waals surface area contributed by atoms with Crippen LogP contribution in [0.3, 0.4) is 0 Å². The van der Waals surface area contributed by atoms with Gasteiger partial charge in [0.25, 0.3) is 5.91 Å². The number of hydrogen-bond donors (Lipinski definition) is 3. The Kier molecular flexibility index (Phi) is 4.75. The zero-order valence-corrected chi connectivity index (χ0v) is 12.3. The lowest BCUT2D eigenvalue weighted by Gasteiger charge is -2.35. The average Bonchev–Trinajstić information content (AvgIpc) is 2.96. The zero-order chi connectivity index (χ0) is 14.6. The first-order valence-electron chi connectivity index (χ1n) is 7.38. The molecule has 1 aromatic rings. The van der Waals surface area contributed by atoms with Gasteiger partial charge < -0.3 is 10.4 Å². The van der Waals surface area contributed by atoms with E-state index in [2.05, 4.69) is 20.5 Å². The molecule has 6 nitrogen and oxygen atoms in total. The molecule has 0 radical (unpaired) electrons. The summed E-state index contributed by atoms with van der Waals surface area (Å²) in [5, 5.41) is 19.2. The maximum atomic E-state index is 12.0. The second-order valence-electron chi connectivity index (χ2n) is 6.10. The van der Waals surface area contributed by atoms with Crippen LogP contribution >= 0.6 is 0 Å². The molecule has 1 heterocycles. The Morgan fingerprint density at radius 3 is 2.65 bits per heavy atom. The van der Waals surface area contributed by atoms with Gasteiger partial charge in [0.05, 0.1) is 6.61 Å². The fourth-order valence-electron chi connectivity index (χ4n) is 2.67. The molecule has 0 bridgehead atoms. The summed E-state index contributed by atoms with van der Waals surface area (Å²) in [6.45, 7) is 4.60. The molecule has 0 aromatic carbocycles. The van der Waals surface area contributed by atoms with Crippen LogP contribution in [0.25, 0.3) is 0 Å². The normalized spacial score (nSPS) is 18.2. The van der Waals surface area contributed by atoms with E-state index >= 15 is 0 Å². The summed E-state index contributed by atoms with van der Waals surface area (Å²) >= 11 is 0. The van der Waals surface area contributed by atoms with Gasteiger partial charge in [0.2, 0.25) is 5.82 Å². The molecule has 2 rings (SSSR count). The average molecular weight is 280 g/mol. The molecule has 1 aromatic heterocycles. The van der Waals surface area contributed by atoms with E-state index in [1.54, 1.807) is 0 Å². The van der Waals surface area contributed by atoms with E-state index < -0.39 is 0 Å². The number of aliphatic hydroxyl groups is 1. The van der Waals surface area contributed by atoms with Crippen molar-refractivity contribution < 1.29 is 9.90 Å². The van der Waals surface area contributed by atoms with Gasteiger partial charge >= 0.3 is 0 Å². The maximum Gasteiger partial charge on any atom is 0.290 e. The molecule has 20 heavy (non-hydrogen) atoms. The Hall–Kier alpha value is -1.43. The van der Waals surface area contributed by atoms with Crippen molar-refractivity contribution in [2.24, 2.45) is 5.41 Å². The number of carbonyl (C=O) groups excluding carboxylic acids is 1. The molecular weight excluding hydrogens is 256 g/mol. The standard InChI is InChI=1S/C14H24N4O2/c1-10(2)11-16-12(18-17-11)13(20)15-8-14(9-19)6-4-3-5-7-14/h10,19H,3-9H2,1-2H3,(H,15,20)(H,16,17,18). The third kappa shape index (κ3) is 3.36. The van der Waals surface area contributed by atoms with Crippen molar-refractivity contribution in [3.8, 4) is 0 Å². The fraction of sp³-hybridized carbons (Fsp3) is 0.786. The molecule has 0 atom stereocenters. The minimum Gasteiger partial charge on any atom is -0.396 e. The number of amides is 1. The Morgan fingerprint density at radius 1 is 1.40 bits per heavy atom. The highest BCUT2D eigenvalue weighted by molar-refractivity contribution is 5.90. The number of rotatable bonds is 5. The van der Waals surface area contributed by atoms with Crippen LogP contribution in [0.15, 0.2) is 0 Å². The number of nitrogens with zero attached hydrogens (tertiary/aromatic N) is 2. The van der Waals surface area contributed by atoms with Gasteiger partial charge in [-0.05, 0) is 12.8 Å². The number of H-pyrrole nitrogens is 1. The molecule has 1 aliphatic carbocycles. The predicted octanol–water partition coefficient (Wildman–Crippen LogP) is 1.60. The topological polar surface area (TPSA) is 90.9 Å². The lowest BCUT2D eigenvalue weighted by Crippen LogP contribution is -2.41. The van der Waals surface area contributed by atoms with Crippen molar-refractivity contribution in [1.82, 2.24) is 20.5 Å². The highest BCUT2D eigenvalue weighted by Crippen LogP contribution is 2.35. The van der Waals surface area contributed by atoms with Gasteiger partial charge in [0.1, 0.15) is 5.82 Å². The lowest BCUT2D eigenvalue weighted by atomic mass is 9.74. The van der Waals surface area contributed by atoms with E-state index in [4.69, 9.17) is 0 Å². The van der Waals surface area contributed by atoms with Gasteiger partial charge in [-0.1, -0.05) is 33.1 Å². The van der Waals surface area contributed by atoms with Gasteiger partial charge in [0.15, 0.2) is 0 Å². The second-order valence-corrected chi connectivity index (χ2v) is 6.10. The Balaban J connectivity index is 1.93. The molecule has 0 aliphatic heterocycles. The van der Waals surface area contributed by atoms with Gasteiger partial charge in [-0.2, -0.15) is 0 Å². The highest BCUT2D eigenvalue weighted by Gasteiger charge is 2.32. The number of aromatic nitrogens is 3. The van der Waals surface area contributed by atoms with Crippen LogP contribution in [-0.2, 0) is 0 Å². The van der Waals surface area contributed by atoms with Gasteiger partial charge in [-0.25, -0.2) is 4.98 Å². The first-order chi connectivity index (χ1) is 9.56. The largest absolute Gasteiger partial charge is 0.396 e. The molecule has 0 unspecified atom stereocenters. The number of carbonyl (C=O) groups is 1. The SMILES string of the molecule is CC(C)c1nc(C(=O)NCC2(CO)CCCCC2)n[nH]1. The molecule has 1 fully saturated rings. The van der Waals surface area contributed by atoms with Gasteiger partial charge in [0, 0.05) is 17.9 Å². The predicted molar refractivity (Wildman–Crippen MR) is 75.4 cm³/mol. The van der Waals surface area contributed by atoms with E-state index in [-0.39, 0.29) is 29.7 Å². The van der Waals surface area contributed by atoms with Crippen LogP contribution in [0.2, 0.25) is 0 Å². The van der Waals surface area contributed by atoms with E-state index in [1.165, 1.54) is 6.42 Å². The molecule has 3 N–H and O–H groups in total. The molecule has 0 spiro atoms. The number of nitrogens with one attached hydrogen (secondary N) is 2. The summed E-state index contributed by atoms with van der Waals surface area (Å²) in [5.74, 6) is 0.833. The monoisotopic (exact) mass is 280 g/mol. The van der Waals surface area contributed by atoms with Crippen molar-refractivity contribution in [2.75, 3.05) is 13.2 Å². The van der Waals surface area contributed by atoms with Crippen LogP contribution in [0.5, 0.6) is 0 Å². The fourth-order valence-corrected chi connectivity index (χ4v) is 2.67. The van der Waals surface area contributed by atoms with E-state index in [0.29, 0.717) is 12.4 Å². The van der Waals surface area contributed by atoms with Crippen molar-refractivity contribution in [1.29, 1.82) is 0 Å². The first-order valence-corrected chi connectivity index (χ1v) is 7.38. The van der Waals surface area contributed by atoms with Crippen molar-refractivity contribution in [2.45, 2.75) is 51.9 Å². The summed E-state index contributed by atoms with van der Waals surface area (Å²) in [4.78, 5) is 16.2. The van der Waals surface area contributed by atoms with Crippen LogP contribution < -0.4 is 5.32 Å². The van der Waals surface area contributed by atoms with Gasteiger partial charge in [-0.3, -0.25) is 9.89 Å². The highest BCUT2D eigenvalue weighted by atomic mass is 16.3. The maximum absolute atomic E-state index is 12.0. The van der Waals surface area contributed by atoms with Crippen molar-refractivity contribution in [3.05, 3.63) is 11.6 Å². The quantitative estimate of drug-likeness (QED) is 0.764. The summed E-state index contributed by atoms with van der Waals surface area (Å²) in [7, 11) is 0. The summed E-state index contributed by atoms with van der Waals surface area (Å²) in [6, 6.07) is 0. The first kappa shape index (κ1) is 15.0. The molecular formula is C14H24N4O2. The van der Waals surface area contributed by atoms with Crippen LogP contribution in [0.4, 0.5) is 0 Å². The van der Waals surface area contributed by atoms with Crippen LogP contribution in [0, 0.1) is 5.41 Å². The minimum absolute atomic E-state index is 0.124. The van der Waals surface area contributed by atoms with Crippen molar-refractivity contribution >= 4 is 5.91 Å². The smallest absolute Gasteiger partial charge is 0.290 e. The van der Waals surface area contributed by atoms with Crippen LogP contribution in [-0.4, -0.2) is 39.3 Å². The summed E-state index contributed by atoms with van der Waals surface area (Å²) in [5.41, 5.74) is -0.162. The van der Waals surface area contributed by atoms with E-state index in [0.717, 1.165) is 25.7 Å². The molecule has 0 saturated heterocycles. The molecule has 112 valence electrons. The third-order valence-electron chi connectivity index (χ3n) is 4.13. The third-order valence-corrected chi connectivity index (χ3v) is 4.13. The summed E-state index contributed by atoms with van der Waals surface area (Å²) < 4.78 is 0. The Morgan fingerprint density at radius 2 is 2.10 bits per heavy atom. The Labute approximate surface area is 119 Å². The zero-order valence-electron chi connectivity index (χ0n) is 12.3. The Bertz CT molecular complexity index is 450. The molecule has 1 aliphatic rings. The van der Waals surface area contributed by atoms with E-state index in [9.17, 15) is 9.90 Å². The van der Waals surface area contributed by atoms with Gasteiger partial charge in [-0.15, -0.1) is 5.10 Å². The second kappa shape index (κ2) is 6.35. The number of aromatic amines is 1. The van der Waals surface area contributed by atoms with Crippen molar-refractivity contribution in [3.63, 3.8) is 0 Å². The van der Waals surface area contributed by atoms with E-state index in [1.807, 2.05) is 13.8 Å². The lowest BCUT2D eigenvalue weighted by molar-refractivity contribution is 0.0713. The molecule has 1 amide bonds. The van der Waals surface area contributed by atoms with Crippen LogP contribution in [0.1, 0.15) is 68.3 Å². The molecule has 6 heteroatoms. The minimum atomic E-state index is -0.272. The summed E-state index contributed by atoms with van der Waals surface area (Å²) in [6.07, 6.45) is 5.39. The number of aliphatic hydroxyl groups excluding tert-OH is 1.